The standard InChI is InChI=1S/C16H31N/c1-4-14-7-5-6-8-16(14)9-10-17-12-15(16)11-13(2)3/h13-15,17H,4-12H2,1-3H3. The fraction of sp³-hybridized carbons (Fsp3) is 1.00. The third kappa shape index (κ3) is 2.70. The van der Waals surface area contributed by atoms with Gasteiger partial charge in [-0.25, -0.2) is 0 Å². The normalized spacial score (nSPS) is 38.8. The Labute approximate surface area is 108 Å². The molecule has 1 heterocycles. The van der Waals surface area contributed by atoms with Crippen LogP contribution in [0.1, 0.15) is 65.7 Å². The van der Waals surface area contributed by atoms with E-state index in [9.17, 15) is 0 Å². The van der Waals surface area contributed by atoms with Crippen molar-refractivity contribution in [1.29, 1.82) is 0 Å². The Morgan fingerprint density at radius 2 is 2.00 bits per heavy atom. The van der Waals surface area contributed by atoms with Crippen molar-refractivity contribution in [3.63, 3.8) is 0 Å². The largest absolute Gasteiger partial charge is 0.316 e. The summed E-state index contributed by atoms with van der Waals surface area (Å²) in [7, 11) is 0. The van der Waals surface area contributed by atoms with Gasteiger partial charge in [0.05, 0.1) is 0 Å². The van der Waals surface area contributed by atoms with Gasteiger partial charge in [0.25, 0.3) is 0 Å². The van der Waals surface area contributed by atoms with E-state index in [2.05, 4.69) is 26.1 Å². The summed E-state index contributed by atoms with van der Waals surface area (Å²) in [6.45, 7) is 9.77. The summed E-state index contributed by atoms with van der Waals surface area (Å²) in [5.41, 5.74) is 0.711. The smallest absolute Gasteiger partial charge is 0.00150 e. The highest BCUT2D eigenvalue weighted by Gasteiger charge is 2.46. The van der Waals surface area contributed by atoms with E-state index in [1.54, 1.807) is 0 Å². The molecule has 100 valence electrons. The van der Waals surface area contributed by atoms with E-state index < -0.39 is 0 Å². The van der Waals surface area contributed by atoms with Gasteiger partial charge in [-0.15, -0.1) is 0 Å². The molecular weight excluding hydrogens is 206 g/mol. The van der Waals surface area contributed by atoms with Crippen LogP contribution < -0.4 is 5.32 Å². The lowest BCUT2D eigenvalue weighted by Crippen LogP contribution is -2.50. The maximum atomic E-state index is 3.66. The first-order chi connectivity index (χ1) is 8.19. The van der Waals surface area contributed by atoms with Crippen LogP contribution in [0.25, 0.3) is 0 Å². The predicted octanol–water partition coefficient (Wildman–Crippen LogP) is 4.23. The summed E-state index contributed by atoms with van der Waals surface area (Å²) in [5, 5.41) is 3.66. The molecule has 1 nitrogen and oxygen atoms in total. The second kappa shape index (κ2) is 5.73. The number of piperidine rings is 1. The van der Waals surface area contributed by atoms with Crippen molar-refractivity contribution in [2.45, 2.75) is 65.7 Å². The molecule has 3 atom stereocenters. The lowest BCUT2D eigenvalue weighted by Gasteiger charge is -2.53. The second-order valence-corrected chi connectivity index (χ2v) is 6.86. The Bertz CT molecular complexity index is 230. The molecule has 0 radical (unpaired) electrons. The summed E-state index contributed by atoms with van der Waals surface area (Å²) in [5.74, 6) is 2.82. The lowest BCUT2D eigenvalue weighted by atomic mass is 9.55. The predicted molar refractivity (Wildman–Crippen MR) is 75.1 cm³/mol. The minimum atomic E-state index is 0.711. The zero-order chi connectivity index (χ0) is 12.3. The van der Waals surface area contributed by atoms with Crippen molar-refractivity contribution in [2.24, 2.45) is 23.2 Å². The summed E-state index contributed by atoms with van der Waals surface area (Å²) in [6, 6.07) is 0. The van der Waals surface area contributed by atoms with Crippen LogP contribution in [-0.2, 0) is 0 Å². The van der Waals surface area contributed by atoms with E-state index in [0.717, 1.165) is 17.8 Å². The molecule has 0 aromatic heterocycles. The zero-order valence-electron chi connectivity index (χ0n) is 12.1. The van der Waals surface area contributed by atoms with Gasteiger partial charge in [0, 0.05) is 0 Å². The molecule has 0 aromatic carbocycles. The molecule has 0 amide bonds. The molecule has 3 unspecified atom stereocenters. The van der Waals surface area contributed by atoms with Crippen LogP contribution in [0.4, 0.5) is 0 Å². The maximum Gasteiger partial charge on any atom is -0.00150 e. The fourth-order valence-corrected chi connectivity index (χ4v) is 4.71. The first kappa shape index (κ1) is 13.4. The van der Waals surface area contributed by atoms with E-state index in [-0.39, 0.29) is 0 Å². The van der Waals surface area contributed by atoms with E-state index >= 15 is 0 Å². The zero-order valence-corrected chi connectivity index (χ0v) is 12.1. The number of hydrogen-bond acceptors (Lipinski definition) is 1. The number of rotatable bonds is 3. The maximum absolute atomic E-state index is 3.66. The Hall–Kier alpha value is -0.0400. The summed E-state index contributed by atoms with van der Waals surface area (Å²) < 4.78 is 0. The van der Waals surface area contributed by atoms with Gasteiger partial charge in [0.2, 0.25) is 0 Å². The van der Waals surface area contributed by atoms with E-state index in [1.807, 2.05) is 0 Å². The van der Waals surface area contributed by atoms with Crippen LogP contribution in [0.15, 0.2) is 0 Å². The third-order valence-corrected chi connectivity index (χ3v) is 5.48. The van der Waals surface area contributed by atoms with E-state index in [1.165, 1.54) is 58.0 Å². The molecule has 1 aliphatic carbocycles. The highest BCUT2D eigenvalue weighted by Crippen LogP contribution is 2.53. The monoisotopic (exact) mass is 237 g/mol. The van der Waals surface area contributed by atoms with Crippen molar-refractivity contribution in [1.82, 2.24) is 5.32 Å². The van der Waals surface area contributed by atoms with Crippen LogP contribution in [0, 0.1) is 23.2 Å². The average molecular weight is 237 g/mol. The van der Waals surface area contributed by atoms with Crippen molar-refractivity contribution in [2.75, 3.05) is 13.1 Å². The van der Waals surface area contributed by atoms with Crippen LogP contribution in [-0.4, -0.2) is 13.1 Å². The van der Waals surface area contributed by atoms with Gasteiger partial charge in [0.1, 0.15) is 0 Å². The van der Waals surface area contributed by atoms with Gasteiger partial charge in [0.15, 0.2) is 0 Å². The topological polar surface area (TPSA) is 12.0 Å². The number of nitrogens with one attached hydrogen (secondary N) is 1. The van der Waals surface area contributed by atoms with Crippen LogP contribution >= 0.6 is 0 Å². The average Bonchev–Trinajstić information content (AvgIpc) is 2.32. The van der Waals surface area contributed by atoms with Gasteiger partial charge >= 0.3 is 0 Å². The fourth-order valence-electron chi connectivity index (χ4n) is 4.71. The van der Waals surface area contributed by atoms with Gasteiger partial charge in [-0.3, -0.25) is 0 Å². The molecule has 1 saturated heterocycles. The Kier molecular flexibility index (Phi) is 4.52. The molecule has 2 rings (SSSR count). The van der Waals surface area contributed by atoms with Crippen LogP contribution in [0.2, 0.25) is 0 Å². The first-order valence-corrected chi connectivity index (χ1v) is 7.89. The molecule has 1 spiro atoms. The summed E-state index contributed by atoms with van der Waals surface area (Å²) >= 11 is 0. The van der Waals surface area contributed by atoms with E-state index in [0.29, 0.717) is 5.41 Å². The molecule has 17 heavy (non-hydrogen) atoms. The van der Waals surface area contributed by atoms with E-state index in [4.69, 9.17) is 0 Å². The Balaban J connectivity index is 2.15. The van der Waals surface area contributed by atoms with Crippen molar-refractivity contribution in [3.8, 4) is 0 Å². The van der Waals surface area contributed by atoms with Crippen LogP contribution in [0.3, 0.4) is 0 Å². The van der Waals surface area contributed by atoms with Crippen molar-refractivity contribution in [3.05, 3.63) is 0 Å². The van der Waals surface area contributed by atoms with Gasteiger partial charge in [-0.2, -0.15) is 0 Å². The first-order valence-electron chi connectivity index (χ1n) is 7.89. The molecule has 0 bridgehead atoms. The van der Waals surface area contributed by atoms with Gasteiger partial charge in [-0.05, 0) is 61.9 Å². The molecule has 1 heteroatoms. The number of hydrogen-bond donors (Lipinski definition) is 1. The Morgan fingerprint density at radius 3 is 2.71 bits per heavy atom. The third-order valence-electron chi connectivity index (χ3n) is 5.48. The summed E-state index contributed by atoms with van der Waals surface area (Å²) in [6.07, 6.45) is 10.3. The second-order valence-electron chi connectivity index (χ2n) is 6.86. The molecule has 2 fully saturated rings. The van der Waals surface area contributed by atoms with Gasteiger partial charge < -0.3 is 5.32 Å². The van der Waals surface area contributed by atoms with Gasteiger partial charge in [-0.1, -0.05) is 40.0 Å². The quantitative estimate of drug-likeness (QED) is 0.774. The minimum Gasteiger partial charge on any atom is -0.316 e. The minimum absolute atomic E-state index is 0.711. The summed E-state index contributed by atoms with van der Waals surface area (Å²) in [4.78, 5) is 0. The van der Waals surface area contributed by atoms with Crippen molar-refractivity contribution >= 4 is 0 Å². The van der Waals surface area contributed by atoms with Crippen molar-refractivity contribution < 1.29 is 0 Å². The highest BCUT2D eigenvalue weighted by molar-refractivity contribution is 4.98. The molecule has 0 aromatic rings. The molecular formula is C16H31N. The Morgan fingerprint density at radius 1 is 1.18 bits per heavy atom. The molecule has 1 aliphatic heterocycles. The molecule has 1 saturated carbocycles. The highest BCUT2D eigenvalue weighted by atomic mass is 14.9. The van der Waals surface area contributed by atoms with Crippen LogP contribution in [0.5, 0.6) is 0 Å². The lowest BCUT2D eigenvalue weighted by molar-refractivity contribution is -0.0147. The molecule has 1 N–H and O–H groups in total. The molecule has 2 aliphatic rings. The SMILES string of the molecule is CCC1CCCCC12CCNCC2CC(C)C.